The number of fused-ring (bicyclic) bond motifs is 1. The summed E-state index contributed by atoms with van der Waals surface area (Å²) >= 11 is 0. The van der Waals surface area contributed by atoms with Crippen LogP contribution in [0.2, 0.25) is 0 Å². The van der Waals surface area contributed by atoms with Gasteiger partial charge < -0.3 is 20.5 Å². The number of ketones is 1. The van der Waals surface area contributed by atoms with Gasteiger partial charge in [-0.25, -0.2) is 9.07 Å². The van der Waals surface area contributed by atoms with Gasteiger partial charge in [-0.2, -0.15) is 5.10 Å². The van der Waals surface area contributed by atoms with E-state index in [-0.39, 0.29) is 28.3 Å². The molecule has 0 saturated carbocycles. The zero-order chi connectivity index (χ0) is 24.9. The number of carbonyl (C=O) groups is 2. The first-order valence-corrected chi connectivity index (χ1v) is 11.2. The van der Waals surface area contributed by atoms with Crippen LogP contribution in [0, 0.1) is 11.2 Å². The molecule has 5 rings (SSSR count). The second-order valence-electron chi connectivity index (χ2n) is 9.60. The van der Waals surface area contributed by atoms with Gasteiger partial charge in [0.25, 0.3) is 5.91 Å². The molecule has 0 unspecified atom stereocenters. The first-order chi connectivity index (χ1) is 16.7. The summed E-state index contributed by atoms with van der Waals surface area (Å²) in [6.45, 7) is 4.06. The molecule has 0 bridgehead atoms. The van der Waals surface area contributed by atoms with Crippen molar-refractivity contribution in [3.8, 4) is 11.5 Å². The van der Waals surface area contributed by atoms with Gasteiger partial charge in [0.1, 0.15) is 23.2 Å². The molecule has 0 spiro atoms. The molecule has 1 aliphatic heterocycles. The van der Waals surface area contributed by atoms with E-state index < -0.39 is 17.8 Å². The molecule has 1 atom stereocenters. The Hall–Kier alpha value is -4.14. The number of benzene rings is 2. The van der Waals surface area contributed by atoms with Gasteiger partial charge in [0.05, 0.1) is 13.3 Å². The number of nitrogens with one attached hydrogen (secondary N) is 2. The van der Waals surface area contributed by atoms with Crippen molar-refractivity contribution in [1.82, 2.24) is 9.78 Å². The van der Waals surface area contributed by atoms with Gasteiger partial charge in [-0.3, -0.25) is 9.59 Å². The number of phenolic OH excluding ortho intramolecular Hbond substituents is 1. The fourth-order valence-corrected chi connectivity index (χ4v) is 4.78. The fourth-order valence-electron chi connectivity index (χ4n) is 4.78. The average molecular weight is 477 g/mol. The number of methoxy groups -OCH3 is 1. The van der Waals surface area contributed by atoms with E-state index in [0.717, 1.165) is 5.70 Å². The number of hydrogen-bond acceptors (Lipinski definition) is 6. The zero-order valence-electron chi connectivity index (χ0n) is 19.6. The van der Waals surface area contributed by atoms with Gasteiger partial charge in [0.2, 0.25) is 0 Å². The van der Waals surface area contributed by atoms with Crippen molar-refractivity contribution in [2.75, 3.05) is 17.7 Å². The topological polar surface area (TPSA) is 105 Å². The standard InChI is InChI=1S/C26H25FN4O4/c1-26(2)11-18-22(20(33)12-26)23(14-4-9-19(32)21(10-14)35-3)31-24(30-18)17(13-28-31)25(34)29-16-7-5-15(27)6-8-16/h4-10,13,23,30,32H,11-12H2,1-3H3,(H,29,34)/t23-/m1/s1. The summed E-state index contributed by atoms with van der Waals surface area (Å²) in [5.41, 5.74) is 2.49. The molecular weight excluding hydrogens is 451 g/mol. The maximum atomic E-state index is 13.3. The van der Waals surface area contributed by atoms with Crippen LogP contribution in [0.5, 0.6) is 11.5 Å². The molecule has 2 heterocycles. The minimum Gasteiger partial charge on any atom is -0.504 e. The van der Waals surface area contributed by atoms with E-state index in [1.54, 1.807) is 16.8 Å². The highest BCUT2D eigenvalue weighted by Crippen LogP contribution is 2.47. The Balaban J connectivity index is 1.61. The van der Waals surface area contributed by atoms with Crippen molar-refractivity contribution in [1.29, 1.82) is 0 Å². The van der Waals surface area contributed by atoms with Gasteiger partial charge >= 0.3 is 0 Å². The smallest absolute Gasteiger partial charge is 0.261 e. The lowest BCUT2D eigenvalue weighted by molar-refractivity contribution is -0.118. The molecular formula is C26H25FN4O4. The minimum atomic E-state index is -0.605. The van der Waals surface area contributed by atoms with Crippen molar-refractivity contribution in [3.63, 3.8) is 0 Å². The summed E-state index contributed by atoms with van der Waals surface area (Å²) < 4.78 is 20.2. The number of phenols is 1. The number of rotatable bonds is 4. The largest absolute Gasteiger partial charge is 0.504 e. The molecule has 35 heavy (non-hydrogen) atoms. The molecule has 3 aromatic rings. The van der Waals surface area contributed by atoms with E-state index in [2.05, 4.69) is 15.7 Å². The fraction of sp³-hybridized carbons (Fsp3) is 0.269. The number of allylic oxidation sites excluding steroid dienone is 2. The van der Waals surface area contributed by atoms with Crippen molar-refractivity contribution in [2.45, 2.75) is 32.7 Å². The number of aromatic hydroxyl groups is 1. The lowest BCUT2D eigenvalue weighted by Gasteiger charge is -2.39. The van der Waals surface area contributed by atoms with E-state index in [0.29, 0.717) is 35.5 Å². The number of nitrogens with zero attached hydrogens (tertiary/aromatic N) is 2. The maximum absolute atomic E-state index is 13.3. The lowest BCUT2D eigenvalue weighted by atomic mass is 9.73. The highest BCUT2D eigenvalue weighted by molar-refractivity contribution is 6.08. The summed E-state index contributed by atoms with van der Waals surface area (Å²) in [6, 6.07) is 9.79. The molecule has 8 nitrogen and oxygen atoms in total. The van der Waals surface area contributed by atoms with E-state index in [9.17, 15) is 19.1 Å². The summed E-state index contributed by atoms with van der Waals surface area (Å²) in [5, 5.41) is 20.6. The number of aromatic nitrogens is 2. The lowest BCUT2D eigenvalue weighted by Crippen LogP contribution is -2.37. The predicted octanol–water partition coefficient (Wildman–Crippen LogP) is 4.65. The summed E-state index contributed by atoms with van der Waals surface area (Å²) in [5.74, 6) is -0.114. The summed E-state index contributed by atoms with van der Waals surface area (Å²) in [6.07, 6.45) is 2.44. The van der Waals surface area contributed by atoms with Crippen molar-refractivity contribution >= 4 is 23.2 Å². The van der Waals surface area contributed by atoms with Crippen molar-refractivity contribution < 1.29 is 23.8 Å². The van der Waals surface area contributed by atoms with Crippen LogP contribution < -0.4 is 15.4 Å². The predicted molar refractivity (Wildman–Crippen MR) is 128 cm³/mol. The van der Waals surface area contributed by atoms with Gasteiger partial charge in [0, 0.05) is 23.4 Å². The molecule has 180 valence electrons. The molecule has 2 aromatic carbocycles. The normalized spacial score (nSPS) is 18.4. The Morgan fingerprint density at radius 3 is 2.69 bits per heavy atom. The SMILES string of the molecule is COc1cc([C@@H]2C3=C(CC(C)(C)CC3=O)Nc3c(C(=O)Nc4ccc(F)cc4)cnn32)ccc1O. The molecule has 9 heteroatoms. The van der Waals surface area contributed by atoms with E-state index in [1.165, 1.54) is 43.6 Å². The molecule has 1 aromatic heterocycles. The van der Waals surface area contributed by atoms with Gasteiger partial charge in [-0.05, 0) is 53.8 Å². The molecule has 1 aliphatic carbocycles. The molecule has 3 N–H and O–H groups in total. The second kappa shape index (κ2) is 8.26. The highest BCUT2D eigenvalue weighted by Gasteiger charge is 2.42. The van der Waals surface area contributed by atoms with Crippen molar-refractivity contribution in [2.24, 2.45) is 5.41 Å². The van der Waals surface area contributed by atoms with Crippen LogP contribution in [0.1, 0.15) is 48.7 Å². The Kier molecular flexibility index (Phi) is 5.35. The van der Waals surface area contributed by atoms with E-state index in [4.69, 9.17) is 4.74 Å². The van der Waals surface area contributed by atoms with E-state index >= 15 is 0 Å². The van der Waals surface area contributed by atoms with E-state index in [1.807, 2.05) is 13.8 Å². The van der Waals surface area contributed by atoms with Crippen LogP contribution in [0.3, 0.4) is 0 Å². The number of ether oxygens (including phenoxy) is 1. The summed E-state index contributed by atoms with van der Waals surface area (Å²) in [7, 11) is 1.46. The molecule has 0 saturated heterocycles. The Morgan fingerprint density at radius 1 is 1.23 bits per heavy atom. The first-order valence-electron chi connectivity index (χ1n) is 11.2. The summed E-state index contributed by atoms with van der Waals surface area (Å²) in [4.78, 5) is 26.5. The third-order valence-electron chi connectivity index (χ3n) is 6.37. The molecule has 0 fully saturated rings. The van der Waals surface area contributed by atoms with Crippen LogP contribution >= 0.6 is 0 Å². The number of Topliss-reactive ketones (excluding diaryl/α,β-unsaturated/α-hetero) is 1. The number of amides is 1. The van der Waals surface area contributed by atoms with Crippen LogP contribution in [0.25, 0.3) is 0 Å². The second-order valence-corrected chi connectivity index (χ2v) is 9.60. The quantitative estimate of drug-likeness (QED) is 0.506. The third-order valence-corrected chi connectivity index (χ3v) is 6.37. The van der Waals surface area contributed by atoms with Gasteiger partial charge in [0.15, 0.2) is 17.3 Å². The van der Waals surface area contributed by atoms with Crippen LogP contribution in [-0.4, -0.2) is 33.7 Å². The van der Waals surface area contributed by atoms with Gasteiger partial charge in [-0.15, -0.1) is 0 Å². The monoisotopic (exact) mass is 476 g/mol. The zero-order valence-corrected chi connectivity index (χ0v) is 19.6. The molecule has 1 amide bonds. The highest BCUT2D eigenvalue weighted by atomic mass is 19.1. The number of halogens is 1. The average Bonchev–Trinajstić information content (AvgIpc) is 3.22. The Bertz CT molecular complexity index is 1370. The Labute approximate surface area is 201 Å². The number of hydrogen-bond donors (Lipinski definition) is 3. The molecule has 0 radical (unpaired) electrons. The number of carbonyl (C=O) groups excluding carboxylic acids is 2. The van der Waals surface area contributed by atoms with Crippen LogP contribution in [0.4, 0.5) is 15.9 Å². The first kappa shape index (κ1) is 22.6. The number of anilines is 2. The minimum absolute atomic E-state index is 0.000689. The van der Waals surface area contributed by atoms with Crippen molar-refractivity contribution in [3.05, 3.63) is 76.9 Å². The Morgan fingerprint density at radius 2 is 1.97 bits per heavy atom. The third kappa shape index (κ3) is 4.03. The molecule has 2 aliphatic rings. The van der Waals surface area contributed by atoms with Gasteiger partial charge in [-0.1, -0.05) is 19.9 Å². The maximum Gasteiger partial charge on any atom is 0.261 e. The van der Waals surface area contributed by atoms with Crippen LogP contribution in [-0.2, 0) is 4.79 Å². The van der Waals surface area contributed by atoms with Crippen LogP contribution in [0.15, 0.2) is 59.9 Å².